The molecule has 0 nitrogen and oxygen atoms in total. The lowest BCUT2D eigenvalue weighted by atomic mass is 10.1. The molecule has 0 spiro atoms. The van der Waals surface area contributed by atoms with Gasteiger partial charge in [0.25, 0.3) is 0 Å². The highest BCUT2D eigenvalue weighted by molar-refractivity contribution is 9.11. The molecule has 2 aromatic carbocycles. The van der Waals surface area contributed by atoms with Crippen LogP contribution in [-0.2, 0) is 0 Å². The van der Waals surface area contributed by atoms with Gasteiger partial charge in [-0.15, -0.1) is 0 Å². The van der Waals surface area contributed by atoms with Crippen molar-refractivity contribution in [1.82, 2.24) is 0 Å². The number of halogens is 1. The molecule has 1 aliphatic carbocycles. The number of hydrogen-bond donors (Lipinski definition) is 0. The normalized spacial score (nSPS) is 12.2. The van der Waals surface area contributed by atoms with Gasteiger partial charge in [0.05, 0.1) is 0 Å². The van der Waals surface area contributed by atoms with E-state index in [-0.39, 0.29) is 0 Å². The molecule has 1 aliphatic rings. The minimum absolute atomic E-state index is 1.28. The van der Waals surface area contributed by atoms with Gasteiger partial charge in [0.1, 0.15) is 0 Å². The SMILES string of the molecule is BrC=C1c2ccccc2-c2ccccc21. The summed E-state index contributed by atoms with van der Waals surface area (Å²) in [6.07, 6.45) is 0. The first-order chi connectivity index (χ1) is 7.42. The fourth-order valence-corrected chi connectivity index (χ4v) is 2.66. The average molecular weight is 257 g/mol. The van der Waals surface area contributed by atoms with Crippen molar-refractivity contribution in [2.45, 2.75) is 0 Å². The summed E-state index contributed by atoms with van der Waals surface area (Å²) in [5.74, 6) is 0. The number of fused-ring (bicyclic) bond motifs is 3. The third-order valence-electron chi connectivity index (χ3n) is 2.83. The lowest BCUT2D eigenvalue weighted by Crippen LogP contribution is -1.77. The van der Waals surface area contributed by atoms with Crippen LogP contribution in [0.1, 0.15) is 11.1 Å². The van der Waals surface area contributed by atoms with Crippen LogP contribution in [0.5, 0.6) is 0 Å². The van der Waals surface area contributed by atoms with E-state index in [0.717, 1.165) is 0 Å². The van der Waals surface area contributed by atoms with Gasteiger partial charge in [-0.2, -0.15) is 0 Å². The molecule has 0 heterocycles. The molecule has 0 fully saturated rings. The van der Waals surface area contributed by atoms with Gasteiger partial charge in [0.2, 0.25) is 0 Å². The van der Waals surface area contributed by atoms with E-state index in [1.807, 2.05) is 4.99 Å². The van der Waals surface area contributed by atoms with E-state index in [1.165, 1.54) is 27.8 Å². The van der Waals surface area contributed by atoms with Gasteiger partial charge in [0.15, 0.2) is 0 Å². The summed E-state index contributed by atoms with van der Waals surface area (Å²) >= 11 is 3.45. The van der Waals surface area contributed by atoms with Crippen LogP contribution >= 0.6 is 15.9 Å². The molecule has 15 heavy (non-hydrogen) atoms. The van der Waals surface area contributed by atoms with Crippen molar-refractivity contribution in [2.24, 2.45) is 0 Å². The van der Waals surface area contributed by atoms with Crippen LogP contribution in [0.4, 0.5) is 0 Å². The second-order valence-corrected chi connectivity index (χ2v) is 4.07. The molecule has 3 rings (SSSR count). The molecule has 2 aromatic rings. The van der Waals surface area contributed by atoms with Crippen molar-refractivity contribution in [3.05, 3.63) is 64.6 Å². The molecule has 0 aliphatic heterocycles. The minimum atomic E-state index is 1.28. The molecule has 0 N–H and O–H groups in total. The van der Waals surface area contributed by atoms with Crippen LogP contribution in [-0.4, -0.2) is 0 Å². The maximum Gasteiger partial charge on any atom is -0.00297 e. The highest BCUT2D eigenvalue weighted by Crippen LogP contribution is 2.44. The van der Waals surface area contributed by atoms with Gasteiger partial charge >= 0.3 is 0 Å². The smallest absolute Gasteiger partial charge is 0.00297 e. The molecule has 0 radical (unpaired) electrons. The lowest BCUT2D eigenvalue weighted by Gasteiger charge is -1.98. The largest absolute Gasteiger partial charge is 0.0616 e. The Morgan fingerprint density at radius 3 is 1.47 bits per heavy atom. The first-order valence-corrected chi connectivity index (χ1v) is 5.83. The van der Waals surface area contributed by atoms with Crippen LogP contribution in [0, 0.1) is 0 Å². The van der Waals surface area contributed by atoms with Gasteiger partial charge < -0.3 is 0 Å². The summed E-state index contributed by atoms with van der Waals surface area (Å²) in [5.41, 5.74) is 6.57. The Kier molecular flexibility index (Phi) is 2.00. The number of rotatable bonds is 0. The molecule has 72 valence electrons. The Morgan fingerprint density at radius 2 is 1.07 bits per heavy atom. The zero-order valence-corrected chi connectivity index (χ0v) is 9.66. The molecule has 0 amide bonds. The van der Waals surface area contributed by atoms with E-state index in [0.29, 0.717) is 0 Å². The number of benzene rings is 2. The molecule has 0 aromatic heterocycles. The Hall–Kier alpha value is -1.34. The molecule has 0 atom stereocenters. The summed E-state index contributed by atoms with van der Waals surface area (Å²) in [4.78, 5) is 2.01. The first kappa shape index (κ1) is 8.93. The zero-order chi connectivity index (χ0) is 10.3. The highest BCUT2D eigenvalue weighted by atomic mass is 79.9. The quantitative estimate of drug-likeness (QED) is 0.558. The van der Waals surface area contributed by atoms with Gasteiger partial charge in [0, 0.05) is 0 Å². The van der Waals surface area contributed by atoms with Crippen LogP contribution in [0.3, 0.4) is 0 Å². The molecular weight excluding hydrogens is 248 g/mol. The first-order valence-electron chi connectivity index (χ1n) is 4.91. The maximum absolute atomic E-state index is 3.45. The molecule has 0 saturated carbocycles. The van der Waals surface area contributed by atoms with E-state index in [9.17, 15) is 0 Å². The predicted molar refractivity (Wildman–Crippen MR) is 67.9 cm³/mol. The van der Waals surface area contributed by atoms with E-state index < -0.39 is 0 Å². The van der Waals surface area contributed by atoms with Gasteiger partial charge in [-0.3, -0.25) is 0 Å². The molecule has 0 saturated heterocycles. The van der Waals surface area contributed by atoms with Crippen LogP contribution in [0.2, 0.25) is 0 Å². The number of hydrogen-bond acceptors (Lipinski definition) is 0. The third-order valence-corrected chi connectivity index (χ3v) is 3.29. The van der Waals surface area contributed by atoms with Crippen molar-refractivity contribution in [3.8, 4) is 11.1 Å². The predicted octanol–water partition coefficient (Wildman–Crippen LogP) is 4.45. The topological polar surface area (TPSA) is 0 Å². The van der Waals surface area contributed by atoms with E-state index >= 15 is 0 Å². The van der Waals surface area contributed by atoms with Crippen molar-refractivity contribution in [1.29, 1.82) is 0 Å². The summed E-state index contributed by atoms with van der Waals surface area (Å²) in [5, 5.41) is 0. The Labute approximate surface area is 97.4 Å². The summed E-state index contributed by atoms with van der Waals surface area (Å²) in [7, 11) is 0. The van der Waals surface area contributed by atoms with E-state index in [4.69, 9.17) is 0 Å². The van der Waals surface area contributed by atoms with Crippen LogP contribution in [0.25, 0.3) is 16.7 Å². The molecule has 0 unspecified atom stereocenters. The Morgan fingerprint density at radius 1 is 0.667 bits per heavy atom. The minimum Gasteiger partial charge on any atom is -0.0616 e. The van der Waals surface area contributed by atoms with Crippen molar-refractivity contribution < 1.29 is 0 Å². The molecular formula is C14H9Br. The van der Waals surface area contributed by atoms with E-state index in [1.54, 1.807) is 0 Å². The molecule has 1 heteroatoms. The van der Waals surface area contributed by atoms with Crippen molar-refractivity contribution >= 4 is 21.5 Å². The van der Waals surface area contributed by atoms with Gasteiger partial charge in [-0.25, -0.2) is 0 Å². The molecule has 0 bridgehead atoms. The van der Waals surface area contributed by atoms with Gasteiger partial charge in [-0.1, -0.05) is 64.5 Å². The second kappa shape index (κ2) is 3.35. The standard InChI is InChI=1S/C14H9Br/c15-9-14-12-7-3-1-5-10(12)11-6-2-4-8-13(11)14/h1-9H. The third kappa shape index (κ3) is 1.20. The van der Waals surface area contributed by atoms with Gasteiger partial charge in [-0.05, 0) is 32.8 Å². The Balaban J connectivity index is 2.41. The highest BCUT2D eigenvalue weighted by Gasteiger charge is 2.21. The fraction of sp³-hybridized carbons (Fsp3) is 0. The van der Waals surface area contributed by atoms with E-state index in [2.05, 4.69) is 64.5 Å². The summed E-state index contributed by atoms with van der Waals surface area (Å²) in [6.45, 7) is 0. The average Bonchev–Trinajstić information content (AvgIpc) is 2.63. The van der Waals surface area contributed by atoms with Crippen LogP contribution in [0.15, 0.2) is 53.5 Å². The monoisotopic (exact) mass is 256 g/mol. The summed E-state index contributed by atoms with van der Waals surface area (Å²) in [6, 6.07) is 17.0. The fourth-order valence-electron chi connectivity index (χ4n) is 2.17. The Bertz CT molecular complexity index is 505. The second-order valence-electron chi connectivity index (χ2n) is 3.61. The van der Waals surface area contributed by atoms with Crippen molar-refractivity contribution in [2.75, 3.05) is 0 Å². The summed E-state index contributed by atoms with van der Waals surface area (Å²) < 4.78 is 0. The lowest BCUT2D eigenvalue weighted by molar-refractivity contribution is 1.65. The maximum atomic E-state index is 3.45. The zero-order valence-electron chi connectivity index (χ0n) is 8.07. The van der Waals surface area contributed by atoms with Crippen molar-refractivity contribution in [3.63, 3.8) is 0 Å². The van der Waals surface area contributed by atoms with Crippen LogP contribution < -0.4 is 0 Å².